The Kier molecular flexibility index (Phi) is 5.88. The molecule has 1 aliphatic rings. The van der Waals surface area contributed by atoms with E-state index in [2.05, 4.69) is 22.1 Å². The first-order valence-electron chi connectivity index (χ1n) is 10.7. The number of morpholine rings is 1. The normalized spacial score (nSPS) is 14.5. The maximum absolute atomic E-state index is 12.3. The Morgan fingerprint density at radius 3 is 2.53 bits per heavy atom. The van der Waals surface area contributed by atoms with Gasteiger partial charge in [-0.1, -0.05) is 24.3 Å². The number of rotatable bonds is 5. The smallest absolute Gasteiger partial charge is 0.328 e. The topological polar surface area (TPSA) is 99.7 Å². The highest BCUT2D eigenvalue weighted by Crippen LogP contribution is 2.34. The highest BCUT2D eigenvalue weighted by atomic mass is 16.6. The number of esters is 1. The van der Waals surface area contributed by atoms with Gasteiger partial charge in [0.2, 0.25) is 0 Å². The van der Waals surface area contributed by atoms with E-state index in [0.717, 1.165) is 29.9 Å². The number of anilines is 1. The standard InChI is InChI=1S/C24H28N4O4/c1-24(2,3)32-21(29)15-28-20-9-8-16(14-18(20)22(26-28)23(25)30)17-6-4-5-7-19(17)27-10-12-31-13-11-27/h4-9,14H,10-13,15H2,1-3H3,(H2,25,30). The summed E-state index contributed by atoms with van der Waals surface area (Å²) in [5, 5.41) is 4.93. The van der Waals surface area contributed by atoms with Gasteiger partial charge in [0.1, 0.15) is 12.1 Å². The molecular formula is C24H28N4O4. The highest BCUT2D eigenvalue weighted by Gasteiger charge is 2.22. The van der Waals surface area contributed by atoms with Crippen molar-refractivity contribution in [1.29, 1.82) is 0 Å². The number of hydrogen-bond donors (Lipinski definition) is 1. The van der Waals surface area contributed by atoms with Gasteiger partial charge in [-0.25, -0.2) is 0 Å². The van der Waals surface area contributed by atoms with Gasteiger partial charge in [0.15, 0.2) is 5.69 Å². The van der Waals surface area contributed by atoms with Crippen molar-refractivity contribution in [3.05, 3.63) is 48.2 Å². The second-order valence-electron chi connectivity index (χ2n) is 8.81. The molecule has 0 spiro atoms. The molecule has 1 amide bonds. The lowest BCUT2D eigenvalue weighted by Crippen LogP contribution is -2.36. The molecule has 4 rings (SSSR count). The van der Waals surface area contributed by atoms with Crippen LogP contribution in [-0.2, 0) is 20.8 Å². The van der Waals surface area contributed by atoms with Crippen molar-refractivity contribution < 1.29 is 19.1 Å². The summed E-state index contributed by atoms with van der Waals surface area (Å²) in [5.74, 6) is -1.07. The second-order valence-corrected chi connectivity index (χ2v) is 8.81. The minimum atomic E-state index is -0.642. The molecule has 0 aliphatic carbocycles. The van der Waals surface area contributed by atoms with E-state index in [1.54, 1.807) is 20.8 Å². The maximum Gasteiger partial charge on any atom is 0.328 e. The monoisotopic (exact) mass is 436 g/mol. The summed E-state index contributed by atoms with van der Waals surface area (Å²) in [6, 6.07) is 13.9. The zero-order chi connectivity index (χ0) is 22.9. The van der Waals surface area contributed by atoms with E-state index >= 15 is 0 Å². The van der Waals surface area contributed by atoms with Crippen LogP contribution < -0.4 is 10.6 Å². The Balaban J connectivity index is 1.74. The van der Waals surface area contributed by atoms with Crippen LogP contribution in [0, 0.1) is 0 Å². The molecule has 8 nitrogen and oxygen atoms in total. The van der Waals surface area contributed by atoms with E-state index in [1.165, 1.54) is 4.68 Å². The first kappa shape index (κ1) is 21.8. The van der Waals surface area contributed by atoms with Crippen LogP contribution in [0.25, 0.3) is 22.0 Å². The average Bonchev–Trinajstić information content (AvgIpc) is 3.11. The van der Waals surface area contributed by atoms with Crippen molar-refractivity contribution in [2.24, 2.45) is 5.73 Å². The maximum atomic E-state index is 12.3. The van der Waals surface area contributed by atoms with Gasteiger partial charge in [0.25, 0.3) is 5.91 Å². The lowest BCUT2D eigenvalue weighted by molar-refractivity contribution is -0.155. The van der Waals surface area contributed by atoms with Gasteiger partial charge in [-0.2, -0.15) is 5.10 Å². The van der Waals surface area contributed by atoms with Crippen molar-refractivity contribution in [2.45, 2.75) is 32.9 Å². The predicted molar refractivity (Wildman–Crippen MR) is 123 cm³/mol. The number of fused-ring (bicyclic) bond motifs is 1. The molecule has 1 aliphatic heterocycles. The Labute approximate surface area is 186 Å². The Hall–Kier alpha value is -3.39. The molecule has 8 heteroatoms. The minimum absolute atomic E-state index is 0.106. The van der Waals surface area contributed by atoms with Gasteiger partial charge >= 0.3 is 5.97 Å². The van der Waals surface area contributed by atoms with E-state index in [-0.39, 0.29) is 12.2 Å². The van der Waals surface area contributed by atoms with Crippen molar-refractivity contribution in [2.75, 3.05) is 31.2 Å². The van der Waals surface area contributed by atoms with E-state index in [0.29, 0.717) is 24.1 Å². The number of carbonyl (C=O) groups is 2. The fraction of sp³-hybridized carbons (Fsp3) is 0.375. The highest BCUT2D eigenvalue weighted by molar-refractivity contribution is 6.05. The van der Waals surface area contributed by atoms with Gasteiger partial charge in [0.05, 0.1) is 18.7 Å². The number of hydrogen-bond acceptors (Lipinski definition) is 6. The van der Waals surface area contributed by atoms with Crippen LogP contribution >= 0.6 is 0 Å². The Morgan fingerprint density at radius 2 is 1.84 bits per heavy atom. The largest absolute Gasteiger partial charge is 0.459 e. The third-order valence-corrected chi connectivity index (χ3v) is 5.25. The minimum Gasteiger partial charge on any atom is -0.459 e. The number of aromatic nitrogens is 2. The quantitative estimate of drug-likeness (QED) is 0.618. The van der Waals surface area contributed by atoms with Crippen molar-refractivity contribution in [1.82, 2.24) is 9.78 Å². The van der Waals surface area contributed by atoms with Crippen molar-refractivity contribution >= 4 is 28.5 Å². The van der Waals surface area contributed by atoms with Gasteiger partial charge in [-0.3, -0.25) is 14.3 Å². The zero-order valence-corrected chi connectivity index (χ0v) is 18.6. The number of carbonyl (C=O) groups excluding carboxylic acids is 2. The van der Waals surface area contributed by atoms with Crippen LogP contribution in [0.4, 0.5) is 5.69 Å². The molecule has 0 radical (unpaired) electrons. The molecule has 0 saturated carbocycles. The number of nitrogens with two attached hydrogens (primary N) is 1. The molecule has 0 unspecified atom stereocenters. The molecule has 0 bridgehead atoms. The first-order chi connectivity index (χ1) is 15.2. The molecule has 0 atom stereocenters. The van der Waals surface area contributed by atoms with Gasteiger partial charge in [-0.05, 0) is 44.5 Å². The van der Waals surface area contributed by atoms with Crippen LogP contribution in [-0.4, -0.2) is 53.6 Å². The molecule has 3 aromatic rings. The fourth-order valence-corrected chi connectivity index (χ4v) is 3.94. The van der Waals surface area contributed by atoms with Crippen LogP contribution in [0.15, 0.2) is 42.5 Å². The van der Waals surface area contributed by atoms with Crippen LogP contribution in [0.2, 0.25) is 0 Å². The summed E-state index contributed by atoms with van der Waals surface area (Å²) in [6.45, 7) is 8.33. The average molecular weight is 437 g/mol. The Morgan fingerprint density at radius 1 is 1.12 bits per heavy atom. The molecule has 168 valence electrons. The summed E-state index contributed by atoms with van der Waals surface area (Å²) in [4.78, 5) is 26.8. The molecule has 1 aromatic heterocycles. The van der Waals surface area contributed by atoms with Crippen molar-refractivity contribution in [3.63, 3.8) is 0 Å². The molecule has 1 fully saturated rings. The molecule has 32 heavy (non-hydrogen) atoms. The molecule has 2 aromatic carbocycles. The van der Waals surface area contributed by atoms with E-state index in [9.17, 15) is 9.59 Å². The third kappa shape index (κ3) is 4.60. The van der Waals surface area contributed by atoms with Crippen molar-refractivity contribution in [3.8, 4) is 11.1 Å². The number of ether oxygens (including phenoxy) is 2. The number of nitrogens with zero attached hydrogens (tertiary/aromatic N) is 3. The fourth-order valence-electron chi connectivity index (χ4n) is 3.94. The predicted octanol–water partition coefficient (Wildman–Crippen LogP) is 2.98. The lowest BCUT2D eigenvalue weighted by atomic mass is 10.00. The summed E-state index contributed by atoms with van der Waals surface area (Å²) in [5.41, 5.74) is 8.88. The summed E-state index contributed by atoms with van der Waals surface area (Å²) in [6.07, 6.45) is 0. The van der Waals surface area contributed by atoms with E-state index in [1.807, 2.05) is 30.3 Å². The summed E-state index contributed by atoms with van der Waals surface area (Å²) >= 11 is 0. The Bertz CT molecular complexity index is 1160. The van der Waals surface area contributed by atoms with Gasteiger partial charge < -0.3 is 20.1 Å². The number of benzene rings is 2. The number of amides is 1. The van der Waals surface area contributed by atoms with Gasteiger partial charge in [0, 0.05) is 29.7 Å². The van der Waals surface area contributed by atoms with E-state index in [4.69, 9.17) is 15.2 Å². The zero-order valence-electron chi connectivity index (χ0n) is 18.6. The molecule has 1 saturated heterocycles. The van der Waals surface area contributed by atoms with Crippen LogP contribution in [0.5, 0.6) is 0 Å². The first-order valence-corrected chi connectivity index (χ1v) is 10.7. The lowest BCUT2D eigenvalue weighted by Gasteiger charge is -2.30. The SMILES string of the molecule is CC(C)(C)OC(=O)Cn1nc(C(N)=O)c2cc(-c3ccccc3N3CCOCC3)ccc21. The summed E-state index contributed by atoms with van der Waals surface area (Å²) < 4.78 is 12.4. The molecule has 2 heterocycles. The van der Waals surface area contributed by atoms with Crippen LogP contribution in [0.1, 0.15) is 31.3 Å². The van der Waals surface area contributed by atoms with Crippen LogP contribution in [0.3, 0.4) is 0 Å². The molecule has 2 N–H and O–H groups in total. The second kappa shape index (κ2) is 8.63. The molecular weight excluding hydrogens is 408 g/mol. The number of primary amides is 1. The number of para-hydroxylation sites is 1. The summed E-state index contributed by atoms with van der Waals surface area (Å²) in [7, 11) is 0. The van der Waals surface area contributed by atoms with Gasteiger partial charge in [-0.15, -0.1) is 0 Å². The third-order valence-electron chi connectivity index (χ3n) is 5.25. The van der Waals surface area contributed by atoms with E-state index < -0.39 is 17.5 Å².